The summed E-state index contributed by atoms with van der Waals surface area (Å²) >= 11 is 1.06. The van der Waals surface area contributed by atoms with Gasteiger partial charge in [0.2, 0.25) is 0 Å². The first kappa shape index (κ1) is 11.5. The fourth-order valence-electron chi connectivity index (χ4n) is 2.16. The Labute approximate surface area is 99.0 Å². The molecule has 2 N–H and O–H groups in total. The van der Waals surface area contributed by atoms with Gasteiger partial charge in [-0.25, -0.2) is 0 Å². The molecule has 1 aromatic rings. The van der Waals surface area contributed by atoms with E-state index < -0.39 is 0 Å². The predicted octanol–water partition coefficient (Wildman–Crippen LogP) is 0.880. The normalized spacial score (nSPS) is 23.1. The molecule has 2 atom stereocenters. The molecule has 2 unspecified atom stereocenters. The molecule has 1 aromatic heterocycles. The number of carbonyl (C=O) groups excluding carboxylic acids is 1. The molecule has 1 saturated heterocycles. The third-order valence-electron chi connectivity index (χ3n) is 3.00. The van der Waals surface area contributed by atoms with Crippen LogP contribution in [0.3, 0.4) is 0 Å². The number of carbonyl (C=O) groups is 1. The van der Waals surface area contributed by atoms with Crippen molar-refractivity contribution in [2.75, 3.05) is 6.54 Å². The van der Waals surface area contributed by atoms with Crippen molar-refractivity contribution < 1.29 is 4.79 Å². The van der Waals surface area contributed by atoms with Gasteiger partial charge < -0.3 is 10.6 Å². The molecule has 0 aromatic carbocycles. The Balaban J connectivity index is 2.14. The number of nitrogens with zero attached hydrogens (tertiary/aromatic N) is 3. The van der Waals surface area contributed by atoms with E-state index in [9.17, 15) is 4.79 Å². The second kappa shape index (κ2) is 4.88. The smallest absolute Gasteiger partial charge is 0.275 e. The molecule has 2 rings (SSSR count). The average Bonchev–Trinajstić information content (AvgIpc) is 2.81. The molecular weight excluding hydrogens is 224 g/mol. The van der Waals surface area contributed by atoms with E-state index in [-0.39, 0.29) is 18.0 Å². The van der Waals surface area contributed by atoms with Crippen molar-refractivity contribution in [2.24, 2.45) is 5.73 Å². The maximum atomic E-state index is 12.2. The lowest BCUT2D eigenvalue weighted by molar-refractivity contribution is 0.0579. The molecule has 1 fully saturated rings. The van der Waals surface area contributed by atoms with Crippen molar-refractivity contribution in [1.29, 1.82) is 0 Å². The quantitative estimate of drug-likeness (QED) is 0.833. The summed E-state index contributed by atoms with van der Waals surface area (Å²) in [4.78, 5) is 14.0. The zero-order valence-electron chi connectivity index (χ0n) is 9.30. The zero-order valence-corrected chi connectivity index (χ0v) is 10.1. The van der Waals surface area contributed by atoms with Crippen LogP contribution in [-0.2, 0) is 0 Å². The first-order chi connectivity index (χ1) is 7.70. The molecule has 6 heteroatoms. The molecule has 16 heavy (non-hydrogen) atoms. The SMILES string of the molecule is CC(N)C1CCCCN1C(=O)c1cnsn1. The lowest BCUT2D eigenvalue weighted by atomic mass is 9.96. The fraction of sp³-hybridized carbons (Fsp3) is 0.700. The van der Waals surface area contributed by atoms with Crippen molar-refractivity contribution >= 4 is 17.6 Å². The summed E-state index contributed by atoms with van der Waals surface area (Å²) < 4.78 is 7.84. The topological polar surface area (TPSA) is 72.1 Å². The lowest BCUT2D eigenvalue weighted by Gasteiger charge is -2.37. The minimum atomic E-state index is -0.0317. The second-order valence-electron chi connectivity index (χ2n) is 4.21. The number of piperidine rings is 1. The highest BCUT2D eigenvalue weighted by molar-refractivity contribution is 6.99. The molecule has 0 spiro atoms. The monoisotopic (exact) mass is 240 g/mol. The van der Waals surface area contributed by atoms with Gasteiger partial charge in [0, 0.05) is 18.6 Å². The van der Waals surface area contributed by atoms with Gasteiger partial charge in [-0.2, -0.15) is 8.75 Å². The Bertz CT molecular complexity index is 352. The summed E-state index contributed by atoms with van der Waals surface area (Å²) in [6.45, 7) is 2.73. The summed E-state index contributed by atoms with van der Waals surface area (Å²) in [5.74, 6) is -0.0317. The highest BCUT2D eigenvalue weighted by Crippen LogP contribution is 2.20. The minimum absolute atomic E-state index is 0.0100. The molecule has 0 saturated carbocycles. The summed E-state index contributed by atoms with van der Waals surface area (Å²) in [5, 5.41) is 0. The van der Waals surface area contributed by atoms with Gasteiger partial charge in [0.1, 0.15) is 0 Å². The molecule has 0 aliphatic carbocycles. The molecule has 0 bridgehead atoms. The first-order valence-electron chi connectivity index (χ1n) is 5.54. The predicted molar refractivity (Wildman–Crippen MR) is 62.2 cm³/mol. The molecule has 5 nitrogen and oxygen atoms in total. The van der Waals surface area contributed by atoms with Crippen molar-refractivity contribution in [3.8, 4) is 0 Å². The van der Waals surface area contributed by atoms with Gasteiger partial charge in [0.05, 0.1) is 17.9 Å². The maximum Gasteiger partial charge on any atom is 0.275 e. The molecule has 1 aliphatic rings. The van der Waals surface area contributed by atoms with Crippen LogP contribution in [0.25, 0.3) is 0 Å². The highest BCUT2D eigenvalue weighted by atomic mass is 32.1. The van der Waals surface area contributed by atoms with E-state index in [4.69, 9.17) is 5.73 Å². The molecule has 1 amide bonds. The van der Waals surface area contributed by atoms with E-state index in [1.165, 1.54) is 6.20 Å². The lowest BCUT2D eigenvalue weighted by Crippen LogP contribution is -2.51. The summed E-state index contributed by atoms with van der Waals surface area (Å²) in [5.41, 5.74) is 6.36. The van der Waals surface area contributed by atoms with Gasteiger partial charge >= 0.3 is 0 Å². The second-order valence-corrected chi connectivity index (χ2v) is 4.77. The van der Waals surface area contributed by atoms with Crippen LogP contribution in [0.5, 0.6) is 0 Å². The van der Waals surface area contributed by atoms with Gasteiger partial charge in [-0.3, -0.25) is 4.79 Å². The van der Waals surface area contributed by atoms with E-state index in [1.54, 1.807) is 0 Å². The van der Waals surface area contributed by atoms with Crippen LogP contribution in [0.2, 0.25) is 0 Å². The molecule has 0 radical (unpaired) electrons. The Morgan fingerprint density at radius 3 is 3.12 bits per heavy atom. The number of amides is 1. The van der Waals surface area contributed by atoms with E-state index in [2.05, 4.69) is 8.75 Å². The summed E-state index contributed by atoms with van der Waals surface area (Å²) in [7, 11) is 0. The summed E-state index contributed by atoms with van der Waals surface area (Å²) in [6, 6.07) is 0.152. The largest absolute Gasteiger partial charge is 0.333 e. The van der Waals surface area contributed by atoms with Crippen LogP contribution in [0.4, 0.5) is 0 Å². The standard InChI is InChI=1S/C10H16N4OS/c1-7(11)9-4-2-3-5-14(9)10(15)8-6-12-16-13-8/h6-7,9H,2-5,11H2,1H3. The van der Waals surface area contributed by atoms with Crippen LogP contribution in [0.1, 0.15) is 36.7 Å². The van der Waals surface area contributed by atoms with Crippen molar-refractivity contribution in [3.63, 3.8) is 0 Å². The van der Waals surface area contributed by atoms with E-state index >= 15 is 0 Å². The van der Waals surface area contributed by atoms with Gasteiger partial charge in [-0.05, 0) is 26.2 Å². The zero-order chi connectivity index (χ0) is 11.5. The van der Waals surface area contributed by atoms with E-state index in [1.807, 2.05) is 11.8 Å². The van der Waals surface area contributed by atoms with Gasteiger partial charge in [0.15, 0.2) is 5.69 Å². The van der Waals surface area contributed by atoms with Crippen LogP contribution in [0.15, 0.2) is 6.20 Å². The fourth-order valence-corrected chi connectivity index (χ4v) is 2.57. The van der Waals surface area contributed by atoms with Gasteiger partial charge in [-0.1, -0.05) is 0 Å². The van der Waals surface area contributed by atoms with E-state index in [0.717, 1.165) is 37.5 Å². The first-order valence-corrected chi connectivity index (χ1v) is 6.27. The average molecular weight is 240 g/mol. The number of likely N-dealkylation sites (tertiary alicyclic amines) is 1. The van der Waals surface area contributed by atoms with Crippen molar-refractivity contribution in [3.05, 3.63) is 11.9 Å². The molecule has 2 heterocycles. The van der Waals surface area contributed by atoms with Crippen molar-refractivity contribution in [1.82, 2.24) is 13.6 Å². The van der Waals surface area contributed by atoms with Gasteiger partial charge in [0.25, 0.3) is 5.91 Å². The number of hydrogen-bond acceptors (Lipinski definition) is 5. The molecule has 88 valence electrons. The minimum Gasteiger partial charge on any atom is -0.333 e. The number of hydrogen-bond donors (Lipinski definition) is 1. The number of rotatable bonds is 2. The van der Waals surface area contributed by atoms with Crippen LogP contribution in [0, 0.1) is 0 Å². The van der Waals surface area contributed by atoms with Crippen LogP contribution >= 0.6 is 11.7 Å². The Kier molecular flexibility index (Phi) is 3.50. The highest BCUT2D eigenvalue weighted by Gasteiger charge is 2.30. The third kappa shape index (κ3) is 2.22. The molecular formula is C10H16N4OS. The van der Waals surface area contributed by atoms with Crippen LogP contribution < -0.4 is 5.73 Å². The molecule has 1 aliphatic heterocycles. The third-order valence-corrected chi connectivity index (χ3v) is 3.48. The number of nitrogens with two attached hydrogens (primary N) is 1. The van der Waals surface area contributed by atoms with E-state index in [0.29, 0.717) is 5.69 Å². The van der Waals surface area contributed by atoms with Gasteiger partial charge in [-0.15, -0.1) is 0 Å². The Morgan fingerprint density at radius 2 is 2.50 bits per heavy atom. The van der Waals surface area contributed by atoms with Crippen molar-refractivity contribution in [2.45, 2.75) is 38.3 Å². The Morgan fingerprint density at radius 1 is 1.69 bits per heavy atom. The number of aromatic nitrogens is 2. The summed E-state index contributed by atoms with van der Waals surface area (Å²) in [6.07, 6.45) is 4.71. The maximum absolute atomic E-state index is 12.2. The Hall–Kier alpha value is -1.01. The van der Waals surface area contributed by atoms with Crippen LogP contribution in [-0.4, -0.2) is 38.2 Å².